The number of aliphatic imine (C=N–C) groups is 1. The van der Waals surface area contributed by atoms with E-state index in [-0.39, 0.29) is 24.8 Å². The maximum absolute atomic E-state index is 13.2. The Bertz CT molecular complexity index is 1220. The number of hydrogen-bond acceptors (Lipinski definition) is 5. The first-order valence-corrected chi connectivity index (χ1v) is 10.9. The van der Waals surface area contributed by atoms with Crippen LogP contribution in [0.25, 0.3) is 0 Å². The topological polar surface area (TPSA) is 83.9 Å². The van der Waals surface area contributed by atoms with Crippen LogP contribution in [0.3, 0.4) is 0 Å². The molecule has 0 unspecified atom stereocenters. The molecular formula is C26H26N4O3. The van der Waals surface area contributed by atoms with Crippen molar-refractivity contribution in [3.63, 3.8) is 0 Å². The van der Waals surface area contributed by atoms with Crippen LogP contribution in [-0.4, -0.2) is 35.7 Å². The zero-order valence-corrected chi connectivity index (χ0v) is 19.0. The number of pyridine rings is 1. The third-order valence-corrected chi connectivity index (χ3v) is 5.49. The highest BCUT2D eigenvalue weighted by atomic mass is 16.5. The van der Waals surface area contributed by atoms with Gasteiger partial charge in [-0.1, -0.05) is 12.1 Å². The SMILES string of the molecule is CCOc1ccc(NC(=O)CN2C(=O)CC(c3ccc(C)c(C)c3)=Nc3cccnc32)cc1. The van der Waals surface area contributed by atoms with E-state index in [1.165, 1.54) is 10.5 Å². The van der Waals surface area contributed by atoms with E-state index in [0.29, 0.717) is 29.5 Å². The van der Waals surface area contributed by atoms with Gasteiger partial charge >= 0.3 is 0 Å². The van der Waals surface area contributed by atoms with Crippen molar-refractivity contribution in [3.05, 3.63) is 77.5 Å². The lowest BCUT2D eigenvalue weighted by Gasteiger charge is -2.20. The lowest BCUT2D eigenvalue weighted by molar-refractivity contribution is -0.120. The van der Waals surface area contributed by atoms with Gasteiger partial charge in [-0.25, -0.2) is 9.98 Å². The number of amides is 2. The Morgan fingerprint density at radius 2 is 1.88 bits per heavy atom. The highest BCUT2D eigenvalue weighted by Gasteiger charge is 2.27. The number of hydrogen-bond donors (Lipinski definition) is 1. The normalized spacial score (nSPS) is 13.1. The van der Waals surface area contributed by atoms with Gasteiger partial charge in [0.1, 0.15) is 18.0 Å². The molecule has 2 aromatic carbocycles. The summed E-state index contributed by atoms with van der Waals surface area (Å²) in [4.78, 5) is 36.5. The second kappa shape index (κ2) is 9.65. The third kappa shape index (κ3) is 5.09. The number of carbonyl (C=O) groups is 2. The zero-order chi connectivity index (χ0) is 23.4. The molecule has 3 aromatic rings. The van der Waals surface area contributed by atoms with Gasteiger partial charge in [-0.05, 0) is 79.9 Å². The highest BCUT2D eigenvalue weighted by molar-refractivity contribution is 6.18. The van der Waals surface area contributed by atoms with Gasteiger partial charge in [0.25, 0.3) is 0 Å². The summed E-state index contributed by atoms with van der Waals surface area (Å²) in [5.41, 5.74) is 5.04. The summed E-state index contributed by atoms with van der Waals surface area (Å²) >= 11 is 0. The Hall–Kier alpha value is -4.00. The Kier molecular flexibility index (Phi) is 6.49. The number of nitrogens with zero attached hydrogens (tertiary/aromatic N) is 3. The molecule has 0 bridgehead atoms. The maximum Gasteiger partial charge on any atom is 0.244 e. The lowest BCUT2D eigenvalue weighted by Crippen LogP contribution is -2.39. The molecule has 2 heterocycles. The Morgan fingerprint density at radius 3 is 2.61 bits per heavy atom. The van der Waals surface area contributed by atoms with Gasteiger partial charge in [-0.2, -0.15) is 0 Å². The number of nitrogens with one attached hydrogen (secondary N) is 1. The molecule has 7 nitrogen and oxygen atoms in total. The Labute approximate surface area is 193 Å². The van der Waals surface area contributed by atoms with Gasteiger partial charge in [0, 0.05) is 11.9 Å². The number of aromatic nitrogens is 1. The van der Waals surface area contributed by atoms with Crippen LogP contribution in [0.4, 0.5) is 17.2 Å². The molecule has 1 aliphatic heterocycles. The summed E-state index contributed by atoms with van der Waals surface area (Å²) in [6, 6.07) is 16.7. The molecule has 0 radical (unpaired) electrons. The molecule has 0 aliphatic carbocycles. The van der Waals surface area contributed by atoms with Crippen LogP contribution in [0.15, 0.2) is 65.8 Å². The number of aryl methyl sites for hydroxylation is 2. The Balaban J connectivity index is 1.56. The van der Waals surface area contributed by atoms with Crippen LogP contribution in [0.2, 0.25) is 0 Å². The molecule has 1 aliphatic rings. The summed E-state index contributed by atoms with van der Waals surface area (Å²) in [7, 11) is 0. The van der Waals surface area contributed by atoms with Crippen molar-refractivity contribution in [2.24, 2.45) is 4.99 Å². The van der Waals surface area contributed by atoms with Gasteiger partial charge in [0.15, 0.2) is 5.82 Å². The van der Waals surface area contributed by atoms with Crippen molar-refractivity contribution >= 4 is 34.7 Å². The molecule has 168 valence electrons. The molecule has 33 heavy (non-hydrogen) atoms. The highest BCUT2D eigenvalue weighted by Crippen LogP contribution is 2.31. The average molecular weight is 443 g/mol. The van der Waals surface area contributed by atoms with E-state index >= 15 is 0 Å². The predicted octanol–water partition coefficient (Wildman–Crippen LogP) is 4.59. The summed E-state index contributed by atoms with van der Waals surface area (Å²) < 4.78 is 5.43. The van der Waals surface area contributed by atoms with E-state index in [1.54, 1.807) is 42.6 Å². The first-order valence-electron chi connectivity index (χ1n) is 10.9. The largest absolute Gasteiger partial charge is 0.494 e. The summed E-state index contributed by atoms with van der Waals surface area (Å²) in [6.07, 6.45) is 1.68. The van der Waals surface area contributed by atoms with Crippen molar-refractivity contribution in [1.29, 1.82) is 0 Å². The fourth-order valence-electron chi connectivity index (χ4n) is 3.62. The summed E-state index contributed by atoms with van der Waals surface area (Å²) in [6.45, 7) is 6.40. The molecule has 0 saturated heterocycles. The van der Waals surface area contributed by atoms with Gasteiger partial charge in [0.2, 0.25) is 11.8 Å². The fourth-order valence-corrected chi connectivity index (χ4v) is 3.62. The molecule has 4 rings (SSSR count). The smallest absolute Gasteiger partial charge is 0.244 e. The number of fused-ring (bicyclic) bond motifs is 1. The molecule has 0 spiro atoms. The quantitative estimate of drug-likeness (QED) is 0.605. The molecule has 0 fully saturated rings. The molecule has 7 heteroatoms. The van der Waals surface area contributed by atoms with E-state index in [4.69, 9.17) is 9.73 Å². The van der Waals surface area contributed by atoms with Crippen LogP contribution in [0.5, 0.6) is 5.75 Å². The molecule has 1 N–H and O–H groups in total. The van der Waals surface area contributed by atoms with Crippen molar-refractivity contribution in [1.82, 2.24) is 4.98 Å². The second-order valence-corrected chi connectivity index (χ2v) is 7.87. The molecule has 0 saturated carbocycles. The van der Waals surface area contributed by atoms with Gasteiger partial charge in [-0.3, -0.25) is 14.5 Å². The van der Waals surface area contributed by atoms with Crippen LogP contribution < -0.4 is 15.0 Å². The standard InChI is InChI=1S/C26H26N4O3/c1-4-33-21-11-9-20(10-12-21)28-24(31)16-30-25(32)15-23(19-8-7-17(2)18(3)14-19)29-22-6-5-13-27-26(22)30/h5-14H,4,15-16H2,1-3H3,(H,28,31). The number of benzene rings is 2. The van der Waals surface area contributed by atoms with Gasteiger partial charge in [0.05, 0.1) is 18.7 Å². The van der Waals surface area contributed by atoms with Crippen LogP contribution in [0, 0.1) is 13.8 Å². The van der Waals surface area contributed by atoms with Crippen molar-refractivity contribution < 1.29 is 14.3 Å². The van der Waals surface area contributed by atoms with E-state index in [9.17, 15) is 9.59 Å². The molecular weight excluding hydrogens is 416 g/mol. The maximum atomic E-state index is 13.2. The van der Waals surface area contributed by atoms with Crippen molar-refractivity contribution in [3.8, 4) is 5.75 Å². The molecule has 0 atom stereocenters. The second-order valence-electron chi connectivity index (χ2n) is 7.87. The van der Waals surface area contributed by atoms with E-state index in [0.717, 1.165) is 16.9 Å². The minimum Gasteiger partial charge on any atom is -0.494 e. The monoisotopic (exact) mass is 442 g/mol. The average Bonchev–Trinajstić information content (AvgIpc) is 2.94. The first kappa shape index (κ1) is 22.2. The summed E-state index contributed by atoms with van der Waals surface area (Å²) in [5, 5.41) is 2.83. The minimum absolute atomic E-state index is 0.0786. The lowest BCUT2D eigenvalue weighted by atomic mass is 10.0. The predicted molar refractivity (Wildman–Crippen MR) is 130 cm³/mol. The number of rotatable bonds is 6. The number of ether oxygens (including phenoxy) is 1. The number of anilines is 2. The minimum atomic E-state index is -0.321. The van der Waals surface area contributed by atoms with Gasteiger partial charge in [-0.15, -0.1) is 0 Å². The van der Waals surface area contributed by atoms with E-state index in [2.05, 4.69) is 10.3 Å². The van der Waals surface area contributed by atoms with E-state index < -0.39 is 0 Å². The molecule has 2 amide bonds. The Morgan fingerprint density at radius 1 is 1.09 bits per heavy atom. The van der Waals surface area contributed by atoms with Crippen LogP contribution >= 0.6 is 0 Å². The first-order chi connectivity index (χ1) is 15.9. The fraction of sp³-hybridized carbons (Fsp3) is 0.231. The van der Waals surface area contributed by atoms with Crippen molar-refractivity contribution in [2.45, 2.75) is 27.2 Å². The van der Waals surface area contributed by atoms with E-state index in [1.807, 2.05) is 39.0 Å². The third-order valence-electron chi connectivity index (χ3n) is 5.49. The zero-order valence-electron chi connectivity index (χ0n) is 19.0. The summed E-state index contributed by atoms with van der Waals surface area (Å²) in [5.74, 6) is 0.556. The van der Waals surface area contributed by atoms with Crippen LogP contribution in [-0.2, 0) is 9.59 Å². The number of carbonyl (C=O) groups excluding carboxylic acids is 2. The van der Waals surface area contributed by atoms with Crippen LogP contribution in [0.1, 0.15) is 30.0 Å². The molecule has 1 aromatic heterocycles. The van der Waals surface area contributed by atoms with Gasteiger partial charge < -0.3 is 10.1 Å². The van der Waals surface area contributed by atoms with Crippen molar-refractivity contribution in [2.75, 3.05) is 23.4 Å².